The molecule has 0 aliphatic carbocycles. The molecule has 0 saturated carbocycles. The number of ether oxygens (including phenoxy) is 1. The number of nitrogens with zero attached hydrogens (tertiary/aromatic N) is 1. The predicted octanol–water partition coefficient (Wildman–Crippen LogP) is 5.35. The molecule has 34 heavy (non-hydrogen) atoms. The van der Waals surface area contributed by atoms with Gasteiger partial charge in [0.05, 0.1) is 23.5 Å². The molecule has 3 aromatic carbocycles. The first-order valence-corrected chi connectivity index (χ1v) is 13.5. The molecule has 0 spiro atoms. The van der Waals surface area contributed by atoms with E-state index in [1.165, 1.54) is 35.2 Å². The summed E-state index contributed by atoms with van der Waals surface area (Å²) in [5.41, 5.74) is 2.04. The van der Waals surface area contributed by atoms with Gasteiger partial charge >= 0.3 is 0 Å². The minimum absolute atomic E-state index is 0.181. The molecule has 4 rings (SSSR count). The SMILES string of the molecule is COc1ccccc1-c1csc(NC(=O)CSc2ccc(NS(=O)(=O)c3ccccc3)cc2)n1. The molecule has 1 amide bonds. The number of carbonyl (C=O) groups excluding carboxylic acids is 1. The van der Waals surface area contributed by atoms with E-state index >= 15 is 0 Å². The summed E-state index contributed by atoms with van der Waals surface area (Å²) in [7, 11) is -2.04. The number of amides is 1. The summed E-state index contributed by atoms with van der Waals surface area (Å²) in [6, 6.07) is 22.6. The molecule has 0 radical (unpaired) electrons. The maximum Gasteiger partial charge on any atom is 0.261 e. The fourth-order valence-electron chi connectivity index (χ4n) is 3.05. The highest BCUT2D eigenvalue weighted by Gasteiger charge is 2.14. The lowest BCUT2D eigenvalue weighted by Gasteiger charge is -2.09. The highest BCUT2D eigenvalue weighted by molar-refractivity contribution is 8.00. The smallest absolute Gasteiger partial charge is 0.261 e. The molecule has 0 aliphatic rings. The minimum atomic E-state index is -3.64. The van der Waals surface area contributed by atoms with Gasteiger partial charge in [0.15, 0.2) is 5.13 Å². The minimum Gasteiger partial charge on any atom is -0.496 e. The number of thiazole rings is 1. The largest absolute Gasteiger partial charge is 0.496 e. The second-order valence-electron chi connectivity index (χ2n) is 7.02. The molecular formula is C24H21N3O4S3. The zero-order valence-electron chi connectivity index (χ0n) is 18.1. The van der Waals surface area contributed by atoms with Crippen LogP contribution in [0.3, 0.4) is 0 Å². The molecule has 0 saturated heterocycles. The Morgan fingerprint density at radius 1 is 1.00 bits per heavy atom. The Hall–Kier alpha value is -3.34. The molecule has 1 heterocycles. The third-order valence-corrected chi connectivity index (χ3v) is 7.83. The van der Waals surface area contributed by atoms with Gasteiger partial charge in [-0.3, -0.25) is 9.52 Å². The van der Waals surface area contributed by atoms with E-state index in [2.05, 4.69) is 15.0 Å². The van der Waals surface area contributed by atoms with Crippen molar-refractivity contribution in [2.75, 3.05) is 22.9 Å². The topological polar surface area (TPSA) is 97.4 Å². The van der Waals surface area contributed by atoms with Crippen LogP contribution in [0.25, 0.3) is 11.3 Å². The standard InChI is InChI=1S/C24H21N3O4S3/c1-31-22-10-6-5-9-20(22)21-15-33-24(25-21)26-23(28)16-32-18-13-11-17(12-14-18)27-34(29,30)19-7-3-2-4-8-19/h2-15,27H,16H2,1H3,(H,25,26,28). The van der Waals surface area contributed by atoms with E-state index < -0.39 is 10.0 Å². The van der Waals surface area contributed by atoms with Crippen LogP contribution in [0, 0.1) is 0 Å². The van der Waals surface area contributed by atoms with Crippen LogP contribution in [0.15, 0.2) is 94.0 Å². The van der Waals surface area contributed by atoms with Crippen molar-refractivity contribution in [2.24, 2.45) is 0 Å². The number of hydrogen-bond acceptors (Lipinski definition) is 7. The highest BCUT2D eigenvalue weighted by Crippen LogP contribution is 2.32. The molecule has 174 valence electrons. The van der Waals surface area contributed by atoms with Crippen molar-refractivity contribution in [2.45, 2.75) is 9.79 Å². The molecule has 0 fully saturated rings. The molecule has 4 aromatic rings. The number of rotatable bonds is 9. The van der Waals surface area contributed by atoms with Crippen molar-refractivity contribution in [1.82, 2.24) is 4.98 Å². The molecule has 0 atom stereocenters. The van der Waals surface area contributed by atoms with Gasteiger partial charge in [0.1, 0.15) is 5.75 Å². The Bertz CT molecular complexity index is 1370. The van der Waals surface area contributed by atoms with E-state index in [-0.39, 0.29) is 16.6 Å². The maximum absolute atomic E-state index is 12.4. The summed E-state index contributed by atoms with van der Waals surface area (Å²) in [4.78, 5) is 17.9. The van der Waals surface area contributed by atoms with Crippen molar-refractivity contribution >= 4 is 49.8 Å². The Morgan fingerprint density at radius 2 is 1.71 bits per heavy atom. The lowest BCUT2D eigenvalue weighted by Crippen LogP contribution is -2.14. The average molecular weight is 512 g/mol. The van der Waals surface area contributed by atoms with Crippen LogP contribution in [0.1, 0.15) is 0 Å². The van der Waals surface area contributed by atoms with Crippen LogP contribution in [-0.2, 0) is 14.8 Å². The van der Waals surface area contributed by atoms with Crippen molar-refractivity contribution in [3.8, 4) is 17.0 Å². The number of aromatic nitrogens is 1. The summed E-state index contributed by atoms with van der Waals surface area (Å²) in [5, 5.41) is 5.20. The second kappa shape index (κ2) is 10.7. The van der Waals surface area contributed by atoms with Crippen LogP contribution < -0.4 is 14.8 Å². The van der Waals surface area contributed by atoms with E-state index in [0.717, 1.165) is 21.9 Å². The van der Waals surface area contributed by atoms with Crippen molar-refractivity contribution in [3.63, 3.8) is 0 Å². The summed E-state index contributed by atoms with van der Waals surface area (Å²) in [5.74, 6) is 0.731. The van der Waals surface area contributed by atoms with Crippen LogP contribution >= 0.6 is 23.1 Å². The number of anilines is 2. The first-order valence-electron chi connectivity index (χ1n) is 10.1. The second-order valence-corrected chi connectivity index (χ2v) is 10.6. The lowest BCUT2D eigenvalue weighted by atomic mass is 10.1. The fraction of sp³-hybridized carbons (Fsp3) is 0.0833. The van der Waals surface area contributed by atoms with Gasteiger partial charge in [-0.15, -0.1) is 23.1 Å². The van der Waals surface area contributed by atoms with E-state index in [9.17, 15) is 13.2 Å². The zero-order valence-corrected chi connectivity index (χ0v) is 20.5. The summed E-state index contributed by atoms with van der Waals surface area (Å²) in [6.45, 7) is 0. The van der Waals surface area contributed by atoms with Gasteiger partial charge in [-0.1, -0.05) is 30.3 Å². The zero-order chi connectivity index (χ0) is 24.0. The molecule has 2 N–H and O–H groups in total. The Morgan fingerprint density at radius 3 is 2.44 bits per heavy atom. The highest BCUT2D eigenvalue weighted by atomic mass is 32.2. The first-order chi connectivity index (χ1) is 16.4. The molecule has 10 heteroatoms. The van der Waals surface area contributed by atoms with Gasteiger partial charge in [0.2, 0.25) is 5.91 Å². The quantitative estimate of drug-likeness (QED) is 0.294. The van der Waals surface area contributed by atoms with Crippen LogP contribution in [0.5, 0.6) is 5.75 Å². The molecule has 1 aromatic heterocycles. The van der Waals surface area contributed by atoms with Crippen LogP contribution in [-0.4, -0.2) is 32.2 Å². The van der Waals surface area contributed by atoms with Gasteiger partial charge in [0, 0.05) is 21.5 Å². The third-order valence-electron chi connectivity index (χ3n) is 4.66. The monoisotopic (exact) mass is 511 g/mol. The number of nitrogens with one attached hydrogen (secondary N) is 2. The normalized spacial score (nSPS) is 11.1. The van der Waals surface area contributed by atoms with Crippen LogP contribution in [0.2, 0.25) is 0 Å². The number of carbonyl (C=O) groups is 1. The first kappa shape index (κ1) is 23.8. The van der Waals surface area contributed by atoms with Crippen molar-refractivity contribution in [3.05, 3.63) is 84.2 Å². The summed E-state index contributed by atoms with van der Waals surface area (Å²) >= 11 is 2.69. The molecular weight excluding hydrogens is 490 g/mol. The number of hydrogen-bond donors (Lipinski definition) is 2. The van der Waals surface area contributed by atoms with E-state index in [1.807, 2.05) is 29.6 Å². The predicted molar refractivity (Wildman–Crippen MR) is 137 cm³/mol. The Labute approximate surface area is 206 Å². The Balaban J connectivity index is 1.31. The van der Waals surface area contributed by atoms with Crippen molar-refractivity contribution in [1.29, 1.82) is 0 Å². The molecule has 0 aliphatic heterocycles. The van der Waals surface area contributed by atoms with Crippen LogP contribution in [0.4, 0.5) is 10.8 Å². The lowest BCUT2D eigenvalue weighted by molar-refractivity contribution is -0.113. The van der Waals surface area contributed by atoms with Gasteiger partial charge < -0.3 is 10.1 Å². The van der Waals surface area contributed by atoms with Gasteiger partial charge in [0.25, 0.3) is 10.0 Å². The van der Waals surface area contributed by atoms with Crippen molar-refractivity contribution < 1.29 is 17.9 Å². The third kappa shape index (κ3) is 5.96. The van der Waals surface area contributed by atoms with E-state index in [0.29, 0.717) is 10.8 Å². The summed E-state index contributed by atoms with van der Waals surface area (Å²) < 4.78 is 32.8. The average Bonchev–Trinajstić information content (AvgIpc) is 3.32. The number of methoxy groups -OCH3 is 1. The van der Waals surface area contributed by atoms with Gasteiger partial charge in [-0.05, 0) is 48.5 Å². The number of thioether (sulfide) groups is 1. The van der Waals surface area contributed by atoms with E-state index in [1.54, 1.807) is 49.6 Å². The maximum atomic E-state index is 12.4. The number of benzene rings is 3. The summed E-state index contributed by atoms with van der Waals surface area (Å²) in [6.07, 6.45) is 0. The number of sulfonamides is 1. The number of para-hydroxylation sites is 1. The van der Waals surface area contributed by atoms with Gasteiger partial charge in [-0.2, -0.15) is 0 Å². The van der Waals surface area contributed by atoms with E-state index in [4.69, 9.17) is 4.74 Å². The fourth-order valence-corrected chi connectivity index (χ4v) is 5.55. The Kier molecular flexibility index (Phi) is 7.51. The molecule has 0 bridgehead atoms. The molecule has 7 nitrogen and oxygen atoms in total. The molecule has 0 unspecified atom stereocenters. The van der Waals surface area contributed by atoms with Gasteiger partial charge in [-0.25, -0.2) is 13.4 Å².